The molecule has 3 aromatic carbocycles. The number of nitrogens with zero attached hydrogens (tertiary/aromatic N) is 1. The summed E-state index contributed by atoms with van der Waals surface area (Å²) < 4.78 is 10.5. The first-order chi connectivity index (χ1) is 17.2. The van der Waals surface area contributed by atoms with Gasteiger partial charge in [-0.3, -0.25) is 14.4 Å². The summed E-state index contributed by atoms with van der Waals surface area (Å²) >= 11 is 12.2. The number of amides is 1. The first-order valence-corrected chi connectivity index (χ1v) is 11.8. The number of esters is 2. The minimum Gasteiger partial charge on any atom is -0.457 e. The Labute approximate surface area is 217 Å². The van der Waals surface area contributed by atoms with E-state index in [1.165, 1.54) is 29.2 Å². The fraction of sp³-hybridized carbons (Fsp3) is 0.185. The minimum absolute atomic E-state index is 0.0586. The molecule has 7 nitrogen and oxygen atoms in total. The van der Waals surface area contributed by atoms with Gasteiger partial charge in [0.25, 0.3) is 0 Å². The Morgan fingerprint density at radius 3 is 2.31 bits per heavy atom. The molecule has 0 bridgehead atoms. The number of carbonyl (C=O) groups is 4. The van der Waals surface area contributed by atoms with Crippen LogP contribution in [0.3, 0.4) is 0 Å². The van der Waals surface area contributed by atoms with Gasteiger partial charge in [0.05, 0.1) is 27.2 Å². The van der Waals surface area contributed by atoms with E-state index in [1.54, 1.807) is 30.3 Å². The van der Waals surface area contributed by atoms with Crippen LogP contribution in [0.5, 0.6) is 5.75 Å². The molecule has 4 rings (SSSR count). The Bertz CT molecular complexity index is 1320. The maximum Gasteiger partial charge on any atom is 0.343 e. The average Bonchev–Trinajstić information content (AvgIpc) is 3.26. The summed E-state index contributed by atoms with van der Waals surface area (Å²) in [6.07, 6.45) is -0.0586. The van der Waals surface area contributed by atoms with Crippen molar-refractivity contribution in [1.29, 1.82) is 0 Å². The van der Waals surface area contributed by atoms with Gasteiger partial charge >= 0.3 is 11.9 Å². The van der Waals surface area contributed by atoms with Gasteiger partial charge in [-0.1, -0.05) is 47.0 Å². The molecule has 0 spiro atoms. The fourth-order valence-corrected chi connectivity index (χ4v) is 4.10. The zero-order valence-corrected chi connectivity index (χ0v) is 20.7. The smallest absolute Gasteiger partial charge is 0.343 e. The second-order valence-corrected chi connectivity index (χ2v) is 9.07. The second kappa shape index (κ2) is 10.9. The van der Waals surface area contributed by atoms with Crippen LogP contribution in [0.1, 0.15) is 32.7 Å². The molecule has 9 heteroatoms. The molecule has 36 heavy (non-hydrogen) atoms. The summed E-state index contributed by atoms with van der Waals surface area (Å²) in [4.78, 5) is 51.1. The summed E-state index contributed by atoms with van der Waals surface area (Å²) in [5.74, 6) is -2.34. The SMILES string of the molecule is Cc1ccc(C(=O)Oc2ccc(C(=O)COC(=O)[C@@H]3CC(=O)N(c4cccc(Cl)c4Cl)C3)cc2)cc1. The van der Waals surface area contributed by atoms with Crippen molar-refractivity contribution >= 4 is 52.5 Å². The molecule has 1 heterocycles. The van der Waals surface area contributed by atoms with Gasteiger partial charge in [0.1, 0.15) is 5.75 Å². The van der Waals surface area contributed by atoms with Crippen molar-refractivity contribution in [3.63, 3.8) is 0 Å². The van der Waals surface area contributed by atoms with Gasteiger partial charge < -0.3 is 14.4 Å². The first-order valence-electron chi connectivity index (χ1n) is 11.1. The van der Waals surface area contributed by atoms with Gasteiger partial charge in [-0.25, -0.2) is 4.79 Å². The van der Waals surface area contributed by atoms with Gasteiger partial charge in [-0.15, -0.1) is 0 Å². The lowest BCUT2D eigenvalue weighted by Crippen LogP contribution is -2.27. The monoisotopic (exact) mass is 525 g/mol. The summed E-state index contributed by atoms with van der Waals surface area (Å²) in [5.41, 5.74) is 2.14. The van der Waals surface area contributed by atoms with Crippen LogP contribution in [-0.2, 0) is 14.3 Å². The third-order valence-corrected chi connectivity index (χ3v) is 6.51. The molecule has 0 unspecified atom stereocenters. The second-order valence-electron chi connectivity index (χ2n) is 8.29. The van der Waals surface area contributed by atoms with Gasteiger partial charge in [-0.2, -0.15) is 0 Å². The van der Waals surface area contributed by atoms with E-state index < -0.39 is 30.2 Å². The number of benzene rings is 3. The molecule has 0 aromatic heterocycles. The number of hydrogen-bond donors (Lipinski definition) is 0. The number of ether oxygens (including phenoxy) is 2. The van der Waals surface area contributed by atoms with Crippen LogP contribution in [0.4, 0.5) is 5.69 Å². The number of halogens is 2. The van der Waals surface area contributed by atoms with Crippen molar-refractivity contribution in [2.45, 2.75) is 13.3 Å². The highest BCUT2D eigenvalue weighted by Crippen LogP contribution is 2.35. The highest BCUT2D eigenvalue weighted by atomic mass is 35.5. The molecule has 0 saturated carbocycles. The maximum absolute atomic E-state index is 12.5. The van der Waals surface area contributed by atoms with Crippen molar-refractivity contribution < 1.29 is 28.7 Å². The summed E-state index contributed by atoms with van der Waals surface area (Å²) in [5, 5.41) is 0.527. The van der Waals surface area contributed by atoms with Crippen LogP contribution in [-0.4, -0.2) is 36.8 Å². The van der Waals surface area contributed by atoms with Crippen LogP contribution in [0.2, 0.25) is 10.0 Å². The van der Waals surface area contributed by atoms with E-state index in [1.807, 2.05) is 19.1 Å². The predicted octanol–water partition coefficient (Wildman–Crippen LogP) is 5.30. The van der Waals surface area contributed by atoms with Crippen molar-refractivity contribution in [2.75, 3.05) is 18.1 Å². The van der Waals surface area contributed by atoms with Crippen LogP contribution in [0.15, 0.2) is 66.7 Å². The van der Waals surface area contributed by atoms with E-state index >= 15 is 0 Å². The molecule has 3 aromatic rings. The standard InChI is InChI=1S/C27H21Cl2NO6/c1-16-5-7-18(8-6-16)27(34)36-20-11-9-17(10-12-20)23(31)15-35-26(33)19-13-24(32)30(14-19)22-4-2-3-21(28)25(22)29/h2-12,19H,13-15H2,1H3/t19-/m1/s1. The lowest BCUT2D eigenvalue weighted by Gasteiger charge is -2.18. The van der Waals surface area contributed by atoms with E-state index in [2.05, 4.69) is 0 Å². The Hall–Kier alpha value is -3.68. The number of anilines is 1. The van der Waals surface area contributed by atoms with Crippen molar-refractivity contribution in [2.24, 2.45) is 5.92 Å². The molecule has 1 amide bonds. The predicted molar refractivity (Wildman–Crippen MR) is 135 cm³/mol. The van der Waals surface area contributed by atoms with E-state index in [-0.39, 0.29) is 35.2 Å². The molecule has 1 saturated heterocycles. The van der Waals surface area contributed by atoms with Crippen molar-refractivity contribution in [3.05, 3.63) is 93.5 Å². The summed E-state index contributed by atoms with van der Waals surface area (Å²) in [6, 6.07) is 17.8. The van der Waals surface area contributed by atoms with E-state index in [9.17, 15) is 19.2 Å². The third kappa shape index (κ3) is 5.75. The average molecular weight is 526 g/mol. The number of rotatable bonds is 7. The fourth-order valence-electron chi connectivity index (χ4n) is 3.70. The molecule has 1 aliphatic rings. The van der Waals surface area contributed by atoms with Gasteiger partial charge in [0, 0.05) is 18.5 Å². The Kier molecular flexibility index (Phi) is 7.72. The normalized spacial score (nSPS) is 15.0. The van der Waals surface area contributed by atoms with E-state index in [0.717, 1.165) is 5.56 Å². The quantitative estimate of drug-likeness (QED) is 0.236. The highest BCUT2D eigenvalue weighted by Gasteiger charge is 2.37. The highest BCUT2D eigenvalue weighted by molar-refractivity contribution is 6.44. The molecule has 0 radical (unpaired) electrons. The zero-order valence-electron chi connectivity index (χ0n) is 19.2. The number of Topliss-reactive ketones (excluding diaryl/α,β-unsaturated/α-hetero) is 1. The molecule has 1 fully saturated rings. The zero-order chi connectivity index (χ0) is 25.8. The van der Waals surface area contributed by atoms with Gasteiger partial charge in [0.2, 0.25) is 5.91 Å². The maximum atomic E-state index is 12.5. The van der Waals surface area contributed by atoms with E-state index in [0.29, 0.717) is 16.3 Å². The molecule has 1 atom stereocenters. The Morgan fingerprint density at radius 2 is 1.61 bits per heavy atom. The third-order valence-electron chi connectivity index (χ3n) is 5.70. The number of carbonyl (C=O) groups excluding carboxylic acids is 4. The summed E-state index contributed by atoms with van der Waals surface area (Å²) in [6.45, 7) is 1.51. The lowest BCUT2D eigenvalue weighted by atomic mass is 10.1. The molecule has 184 valence electrons. The van der Waals surface area contributed by atoms with E-state index in [4.69, 9.17) is 32.7 Å². The van der Waals surface area contributed by atoms with Crippen molar-refractivity contribution in [1.82, 2.24) is 0 Å². The van der Waals surface area contributed by atoms with Crippen LogP contribution in [0.25, 0.3) is 0 Å². The van der Waals surface area contributed by atoms with Crippen LogP contribution < -0.4 is 9.64 Å². The van der Waals surface area contributed by atoms with Crippen LogP contribution >= 0.6 is 23.2 Å². The van der Waals surface area contributed by atoms with Gasteiger partial charge in [0.15, 0.2) is 12.4 Å². The van der Waals surface area contributed by atoms with Crippen molar-refractivity contribution in [3.8, 4) is 5.75 Å². The largest absolute Gasteiger partial charge is 0.457 e. The molecular weight excluding hydrogens is 505 g/mol. The summed E-state index contributed by atoms with van der Waals surface area (Å²) in [7, 11) is 0. The molecule has 0 N–H and O–H groups in total. The first kappa shape index (κ1) is 25.4. The number of hydrogen-bond acceptors (Lipinski definition) is 6. The molecule has 1 aliphatic heterocycles. The van der Waals surface area contributed by atoms with Gasteiger partial charge in [-0.05, 0) is 55.5 Å². The Balaban J connectivity index is 1.30. The number of ketones is 1. The lowest BCUT2D eigenvalue weighted by molar-refractivity contribution is -0.147. The minimum atomic E-state index is -0.732. The molecular formula is C27H21Cl2NO6. The number of aryl methyl sites for hydroxylation is 1. The Morgan fingerprint density at radius 1 is 0.944 bits per heavy atom. The molecule has 0 aliphatic carbocycles. The topological polar surface area (TPSA) is 90.0 Å². The van der Waals surface area contributed by atoms with Crippen LogP contribution in [0, 0.1) is 12.8 Å².